The summed E-state index contributed by atoms with van der Waals surface area (Å²) in [5.74, 6) is -0.268. The minimum Gasteiger partial charge on any atom is -0.370 e. The molecule has 0 spiro atoms. The molecule has 0 radical (unpaired) electrons. The van der Waals surface area contributed by atoms with E-state index in [9.17, 15) is 9.18 Å². The average Bonchev–Trinajstić information content (AvgIpc) is 2.95. The second-order valence-corrected chi connectivity index (χ2v) is 6.52. The molecule has 7 heteroatoms. The number of nitrogens with one attached hydrogen (secondary N) is 1. The standard InChI is InChI=1S/C19H25FN4O2/c1-3-8-21-19(25)24-9-7-18-16(11-24)17(22-23(18)2)13-26-12-14-5-4-6-15(20)10-14/h4-6,10H,3,7-9,11-13H2,1-2H3,(H,21,25). The van der Waals surface area contributed by atoms with E-state index < -0.39 is 0 Å². The van der Waals surface area contributed by atoms with E-state index in [1.165, 1.54) is 12.1 Å². The third-order valence-electron chi connectivity index (χ3n) is 4.54. The summed E-state index contributed by atoms with van der Waals surface area (Å²) in [5.41, 5.74) is 3.83. The van der Waals surface area contributed by atoms with Crippen LogP contribution in [-0.2, 0) is 38.0 Å². The smallest absolute Gasteiger partial charge is 0.317 e. The van der Waals surface area contributed by atoms with Crippen LogP contribution in [0.4, 0.5) is 9.18 Å². The predicted octanol–water partition coefficient (Wildman–Crippen LogP) is 2.75. The topological polar surface area (TPSA) is 59.4 Å². The van der Waals surface area contributed by atoms with Gasteiger partial charge in [0.05, 0.1) is 25.5 Å². The van der Waals surface area contributed by atoms with Crippen molar-refractivity contribution in [3.8, 4) is 0 Å². The minimum atomic E-state index is -0.268. The number of rotatable bonds is 6. The number of nitrogens with zero attached hydrogens (tertiary/aromatic N) is 3. The fraction of sp³-hybridized carbons (Fsp3) is 0.474. The van der Waals surface area contributed by atoms with Crippen LogP contribution in [0.15, 0.2) is 24.3 Å². The maximum absolute atomic E-state index is 13.2. The van der Waals surface area contributed by atoms with Gasteiger partial charge in [-0.05, 0) is 24.1 Å². The Kier molecular flexibility index (Phi) is 5.88. The van der Waals surface area contributed by atoms with E-state index >= 15 is 0 Å². The van der Waals surface area contributed by atoms with Crippen LogP contribution in [0.25, 0.3) is 0 Å². The first-order chi connectivity index (χ1) is 12.6. The van der Waals surface area contributed by atoms with Crippen LogP contribution in [0, 0.1) is 5.82 Å². The van der Waals surface area contributed by atoms with Crippen LogP contribution < -0.4 is 5.32 Å². The monoisotopic (exact) mass is 360 g/mol. The van der Waals surface area contributed by atoms with Crippen LogP contribution in [0.5, 0.6) is 0 Å². The molecule has 2 amide bonds. The van der Waals surface area contributed by atoms with Crippen LogP contribution in [0.3, 0.4) is 0 Å². The number of halogens is 1. The van der Waals surface area contributed by atoms with Gasteiger partial charge in [0.15, 0.2) is 0 Å². The van der Waals surface area contributed by atoms with E-state index in [0.29, 0.717) is 32.8 Å². The number of aryl methyl sites for hydroxylation is 1. The number of hydrogen-bond acceptors (Lipinski definition) is 3. The number of amides is 2. The molecular weight excluding hydrogens is 335 g/mol. The molecule has 0 atom stereocenters. The molecule has 0 bridgehead atoms. The third-order valence-corrected chi connectivity index (χ3v) is 4.54. The van der Waals surface area contributed by atoms with Crippen molar-refractivity contribution in [2.75, 3.05) is 13.1 Å². The number of benzene rings is 1. The van der Waals surface area contributed by atoms with Crippen LogP contribution in [-0.4, -0.2) is 33.8 Å². The Morgan fingerprint density at radius 3 is 3.00 bits per heavy atom. The summed E-state index contributed by atoms with van der Waals surface area (Å²) in [5, 5.41) is 7.48. The second-order valence-electron chi connectivity index (χ2n) is 6.52. The summed E-state index contributed by atoms with van der Waals surface area (Å²) in [6.07, 6.45) is 1.69. The number of ether oxygens (including phenoxy) is 1. The molecule has 1 aliphatic heterocycles. The molecular formula is C19H25FN4O2. The molecule has 0 aliphatic carbocycles. The lowest BCUT2D eigenvalue weighted by Gasteiger charge is -2.27. The first kappa shape index (κ1) is 18.4. The van der Waals surface area contributed by atoms with Crippen LogP contribution in [0.1, 0.15) is 35.9 Å². The lowest BCUT2D eigenvalue weighted by molar-refractivity contribution is 0.103. The number of carbonyl (C=O) groups excluding carboxylic acids is 1. The predicted molar refractivity (Wildman–Crippen MR) is 95.9 cm³/mol. The highest BCUT2D eigenvalue weighted by atomic mass is 19.1. The Morgan fingerprint density at radius 2 is 2.23 bits per heavy atom. The Bertz CT molecular complexity index is 775. The van der Waals surface area contributed by atoms with Gasteiger partial charge in [0.2, 0.25) is 0 Å². The number of aromatic nitrogens is 2. The van der Waals surface area contributed by atoms with Crippen molar-refractivity contribution in [1.29, 1.82) is 0 Å². The number of hydrogen-bond donors (Lipinski definition) is 1. The van der Waals surface area contributed by atoms with Gasteiger partial charge in [-0.2, -0.15) is 5.10 Å². The lowest BCUT2D eigenvalue weighted by Crippen LogP contribution is -2.43. The molecule has 140 valence electrons. The summed E-state index contributed by atoms with van der Waals surface area (Å²) >= 11 is 0. The molecule has 0 unspecified atom stereocenters. The highest BCUT2D eigenvalue weighted by molar-refractivity contribution is 5.74. The van der Waals surface area contributed by atoms with Crippen molar-refractivity contribution in [2.45, 2.75) is 39.5 Å². The van der Waals surface area contributed by atoms with E-state index in [1.807, 2.05) is 29.6 Å². The summed E-state index contributed by atoms with van der Waals surface area (Å²) in [6.45, 7) is 4.60. The van der Waals surface area contributed by atoms with Crippen LogP contribution >= 0.6 is 0 Å². The molecule has 1 N–H and O–H groups in total. The Balaban J connectivity index is 1.64. The van der Waals surface area contributed by atoms with E-state index in [2.05, 4.69) is 10.4 Å². The van der Waals surface area contributed by atoms with Gasteiger partial charge < -0.3 is 15.0 Å². The second kappa shape index (κ2) is 8.31. The van der Waals surface area contributed by atoms with Crippen molar-refractivity contribution < 1.29 is 13.9 Å². The molecule has 6 nitrogen and oxygen atoms in total. The lowest BCUT2D eigenvalue weighted by atomic mass is 10.1. The van der Waals surface area contributed by atoms with E-state index in [0.717, 1.165) is 35.4 Å². The molecule has 1 aromatic heterocycles. The van der Waals surface area contributed by atoms with Gasteiger partial charge in [0.1, 0.15) is 5.82 Å². The van der Waals surface area contributed by atoms with E-state index in [1.54, 1.807) is 6.07 Å². The zero-order chi connectivity index (χ0) is 18.5. The summed E-state index contributed by atoms with van der Waals surface area (Å²) in [6, 6.07) is 6.35. The van der Waals surface area contributed by atoms with Crippen molar-refractivity contribution >= 4 is 6.03 Å². The fourth-order valence-corrected chi connectivity index (χ4v) is 3.20. The highest BCUT2D eigenvalue weighted by Crippen LogP contribution is 2.23. The van der Waals surface area contributed by atoms with Crippen LogP contribution in [0.2, 0.25) is 0 Å². The zero-order valence-electron chi connectivity index (χ0n) is 15.3. The summed E-state index contributed by atoms with van der Waals surface area (Å²) in [7, 11) is 1.92. The largest absolute Gasteiger partial charge is 0.370 e. The quantitative estimate of drug-likeness (QED) is 0.862. The Labute approximate surface area is 152 Å². The van der Waals surface area contributed by atoms with E-state index in [-0.39, 0.29) is 11.8 Å². The number of urea groups is 1. The van der Waals surface area contributed by atoms with Gasteiger partial charge in [-0.3, -0.25) is 4.68 Å². The first-order valence-electron chi connectivity index (χ1n) is 8.97. The third kappa shape index (κ3) is 4.22. The average molecular weight is 360 g/mol. The van der Waals surface area contributed by atoms with Crippen molar-refractivity contribution in [1.82, 2.24) is 20.0 Å². The summed E-state index contributed by atoms with van der Waals surface area (Å²) < 4.78 is 20.9. The van der Waals surface area contributed by atoms with Gasteiger partial charge in [-0.15, -0.1) is 0 Å². The molecule has 2 heterocycles. The molecule has 1 aromatic carbocycles. The van der Waals surface area contributed by atoms with Gasteiger partial charge in [-0.1, -0.05) is 19.1 Å². The maximum Gasteiger partial charge on any atom is 0.317 e. The molecule has 2 aromatic rings. The highest BCUT2D eigenvalue weighted by Gasteiger charge is 2.26. The van der Waals surface area contributed by atoms with Crippen molar-refractivity contribution in [3.05, 3.63) is 52.6 Å². The van der Waals surface area contributed by atoms with Gasteiger partial charge in [0, 0.05) is 37.8 Å². The minimum absolute atomic E-state index is 0.0343. The Morgan fingerprint density at radius 1 is 1.38 bits per heavy atom. The SMILES string of the molecule is CCCNC(=O)N1CCc2c(c(COCc3cccc(F)c3)nn2C)C1. The zero-order valence-corrected chi connectivity index (χ0v) is 15.3. The van der Waals surface area contributed by atoms with Gasteiger partial charge in [-0.25, -0.2) is 9.18 Å². The normalized spacial score (nSPS) is 13.6. The first-order valence-corrected chi connectivity index (χ1v) is 8.97. The molecule has 0 fully saturated rings. The van der Waals surface area contributed by atoms with Crippen molar-refractivity contribution in [3.63, 3.8) is 0 Å². The van der Waals surface area contributed by atoms with Gasteiger partial charge in [0.25, 0.3) is 0 Å². The molecule has 0 saturated carbocycles. The summed E-state index contributed by atoms with van der Waals surface area (Å²) in [4.78, 5) is 14.1. The fourth-order valence-electron chi connectivity index (χ4n) is 3.20. The molecule has 0 saturated heterocycles. The number of fused-ring (bicyclic) bond motifs is 1. The maximum atomic E-state index is 13.2. The molecule has 26 heavy (non-hydrogen) atoms. The van der Waals surface area contributed by atoms with Crippen molar-refractivity contribution in [2.24, 2.45) is 7.05 Å². The van der Waals surface area contributed by atoms with Gasteiger partial charge >= 0.3 is 6.03 Å². The molecule has 3 rings (SSSR count). The molecule has 1 aliphatic rings. The van der Waals surface area contributed by atoms with E-state index in [4.69, 9.17) is 4.74 Å². The number of carbonyl (C=O) groups is 1. The Hall–Kier alpha value is -2.41.